The number of benzene rings is 2. The Labute approximate surface area is 153 Å². The molecule has 25 heavy (non-hydrogen) atoms. The van der Waals surface area contributed by atoms with Gasteiger partial charge in [-0.05, 0) is 37.6 Å². The molecule has 0 radical (unpaired) electrons. The first kappa shape index (κ1) is 18.3. The van der Waals surface area contributed by atoms with Crippen molar-refractivity contribution >= 4 is 27.6 Å². The maximum absolute atomic E-state index is 13.0. The quantitative estimate of drug-likeness (QED) is 0.715. The van der Waals surface area contributed by atoms with Crippen LogP contribution in [0.2, 0.25) is 0 Å². The first-order chi connectivity index (χ1) is 11.9. The molecule has 1 heterocycles. The minimum absolute atomic E-state index is 0.129. The van der Waals surface area contributed by atoms with E-state index < -0.39 is 15.2 Å². The molecular weight excluding hydrogens is 358 g/mol. The molecule has 2 aromatic rings. The number of para-hydroxylation sites is 1. The fraction of sp³-hybridized carbons (Fsp3) is 0.333. The van der Waals surface area contributed by atoms with Gasteiger partial charge in [0.2, 0.25) is 5.06 Å². The second kappa shape index (κ2) is 6.99. The fourth-order valence-electron chi connectivity index (χ4n) is 2.75. The summed E-state index contributed by atoms with van der Waals surface area (Å²) in [4.78, 5) is 2.97. The van der Waals surface area contributed by atoms with Crippen molar-refractivity contribution in [1.82, 2.24) is 0 Å². The summed E-state index contributed by atoms with van der Waals surface area (Å²) in [5, 5.41) is -1.17. The number of hydrogen-bond acceptors (Lipinski definition) is 6. The molecule has 2 aromatic carbocycles. The molecule has 0 N–H and O–H groups in total. The van der Waals surface area contributed by atoms with Crippen LogP contribution in [0.5, 0.6) is 0 Å². The van der Waals surface area contributed by atoms with Gasteiger partial charge >= 0.3 is 0 Å². The SMILES string of the molecule is CCOCC1(OS(=O)(=O)c2ccccc2C)Sc2ccccc2N1C. The van der Waals surface area contributed by atoms with Gasteiger partial charge in [0, 0.05) is 18.6 Å². The van der Waals surface area contributed by atoms with Crippen molar-refractivity contribution in [1.29, 1.82) is 0 Å². The highest BCUT2D eigenvalue weighted by molar-refractivity contribution is 8.01. The van der Waals surface area contributed by atoms with Crippen molar-refractivity contribution < 1.29 is 17.3 Å². The summed E-state index contributed by atoms with van der Waals surface area (Å²) >= 11 is 1.36. The number of ether oxygens (including phenoxy) is 1. The number of nitrogens with zero attached hydrogens (tertiary/aromatic N) is 1. The van der Waals surface area contributed by atoms with Crippen LogP contribution in [-0.2, 0) is 19.0 Å². The van der Waals surface area contributed by atoms with Crippen LogP contribution in [0.1, 0.15) is 12.5 Å². The molecule has 134 valence electrons. The number of aryl methyl sites for hydroxylation is 1. The molecule has 7 heteroatoms. The van der Waals surface area contributed by atoms with Crippen molar-refractivity contribution in [2.45, 2.75) is 28.7 Å². The number of fused-ring (bicyclic) bond motifs is 1. The van der Waals surface area contributed by atoms with E-state index in [1.54, 1.807) is 31.2 Å². The first-order valence-corrected chi connectivity index (χ1v) is 10.2. The van der Waals surface area contributed by atoms with E-state index >= 15 is 0 Å². The van der Waals surface area contributed by atoms with E-state index in [2.05, 4.69) is 0 Å². The topological polar surface area (TPSA) is 55.8 Å². The number of hydrogen-bond donors (Lipinski definition) is 0. The molecular formula is C18H21NO4S2. The Kier molecular flexibility index (Phi) is 5.11. The predicted molar refractivity (Wildman–Crippen MR) is 99.4 cm³/mol. The Morgan fingerprint density at radius 3 is 2.48 bits per heavy atom. The minimum Gasteiger partial charge on any atom is -0.376 e. The average molecular weight is 380 g/mol. The van der Waals surface area contributed by atoms with Crippen LogP contribution >= 0.6 is 11.8 Å². The number of rotatable bonds is 6. The average Bonchev–Trinajstić information content (AvgIpc) is 2.85. The highest BCUT2D eigenvalue weighted by Gasteiger charge is 2.48. The molecule has 1 unspecified atom stereocenters. The summed E-state index contributed by atoms with van der Waals surface area (Å²) in [6.07, 6.45) is 0. The standard InChI is InChI=1S/C18H21NO4S2/c1-4-22-13-18(19(3)15-10-6-7-11-16(15)24-18)23-25(20,21)17-12-8-5-9-14(17)2/h5-12H,4,13H2,1-3H3. The third kappa shape index (κ3) is 3.42. The highest BCUT2D eigenvalue weighted by atomic mass is 32.2. The van der Waals surface area contributed by atoms with E-state index in [1.165, 1.54) is 11.8 Å². The summed E-state index contributed by atoms with van der Waals surface area (Å²) in [5.74, 6) is 0. The lowest BCUT2D eigenvalue weighted by molar-refractivity contribution is 0.0419. The Morgan fingerprint density at radius 2 is 1.80 bits per heavy atom. The molecule has 0 saturated carbocycles. The lowest BCUT2D eigenvalue weighted by Crippen LogP contribution is -2.48. The van der Waals surface area contributed by atoms with Crippen molar-refractivity contribution in [3.8, 4) is 0 Å². The largest absolute Gasteiger partial charge is 0.376 e. The molecule has 3 rings (SSSR count). The van der Waals surface area contributed by atoms with E-state index in [0.29, 0.717) is 12.2 Å². The van der Waals surface area contributed by atoms with Gasteiger partial charge in [-0.3, -0.25) is 0 Å². The van der Waals surface area contributed by atoms with E-state index in [1.807, 2.05) is 43.1 Å². The van der Waals surface area contributed by atoms with Crippen LogP contribution in [0.4, 0.5) is 5.69 Å². The van der Waals surface area contributed by atoms with Gasteiger partial charge in [-0.1, -0.05) is 42.1 Å². The summed E-state index contributed by atoms with van der Waals surface area (Å²) < 4.78 is 37.3. The molecule has 1 aliphatic rings. The lowest BCUT2D eigenvalue weighted by atomic mass is 10.2. The second-order valence-electron chi connectivity index (χ2n) is 5.78. The summed E-state index contributed by atoms with van der Waals surface area (Å²) in [7, 11) is -2.13. The van der Waals surface area contributed by atoms with E-state index in [-0.39, 0.29) is 11.5 Å². The van der Waals surface area contributed by atoms with E-state index in [0.717, 1.165) is 10.6 Å². The maximum atomic E-state index is 13.0. The van der Waals surface area contributed by atoms with Gasteiger partial charge in [0.15, 0.2) is 0 Å². The maximum Gasteiger partial charge on any atom is 0.300 e. The molecule has 0 aromatic heterocycles. The highest BCUT2D eigenvalue weighted by Crippen LogP contribution is 2.51. The van der Waals surface area contributed by atoms with Crippen molar-refractivity contribution in [3.63, 3.8) is 0 Å². The van der Waals surface area contributed by atoms with Gasteiger partial charge in [0.05, 0.1) is 10.6 Å². The minimum atomic E-state index is -3.96. The molecule has 0 saturated heterocycles. The summed E-state index contributed by atoms with van der Waals surface area (Å²) in [5.41, 5.74) is 1.57. The molecule has 0 amide bonds. The molecule has 1 atom stereocenters. The third-order valence-corrected chi connectivity index (χ3v) is 7.06. The molecule has 0 bridgehead atoms. The Bertz CT molecular complexity index is 869. The molecule has 1 aliphatic heterocycles. The molecule has 0 spiro atoms. The fourth-order valence-corrected chi connectivity index (χ4v) is 5.63. The van der Waals surface area contributed by atoms with Gasteiger partial charge in [-0.15, -0.1) is 0 Å². The number of anilines is 1. The second-order valence-corrected chi connectivity index (χ2v) is 8.58. The summed E-state index contributed by atoms with van der Waals surface area (Å²) in [6.45, 7) is 4.23. The van der Waals surface area contributed by atoms with Crippen molar-refractivity contribution in [2.75, 3.05) is 25.2 Å². The molecule has 0 aliphatic carbocycles. The third-order valence-electron chi connectivity index (χ3n) is 4.10. The van der Waals surface area contributed by atoms with Crippen LogP contribution in [0.15, 0.2) is 58.3 Å². The predicted octanol–water partition coefficient (Wildman–Crippen LogP) is 3.63. The van der Waals surface area contributed by atoms with Crippen LogP contribution in [0, 0.1) is 6.92 Å². The monoisotopic (exact) mass is 379 g/mol. The number of thioether (sulfide) groups is 1. The van der Waals surface area contributed by atoms with Crippen molar-refractivity contribution in [3.05, 3.63) is 54.1 Å². The molecule has 0 fully saturated rings. The van der Waals surface area contributed by atoms with Crippen LogP contribution in [0.25, 0.3) is 0 Å². The Balaban J connectivity index is 2.00. The lowest BCUT2D eigenvalue weighted by Gasteiger charge is -2.35. The van der Waals surface area contributed by atoms with E-state index in [4.69, 9.17) is 8.92 Å². The van der Waals surface area contributed by atoms with Crippen LogP contribution < -0.4 is 4.90 Å². The van der Waals surface area contributed by atoms with Crippen LogP contribution in [-0.4, -0.2) is 33.7 Å². The van der Waals surface area contributed by atoms with Gasteiger partial charge in [0.1, 0.15) is 6.61 Å². The van der Waals surface area contributed by atoms with Gasteiger partial charge < -0.3 is 9.64 Å². The van der Waals surface area contributed by atoms with Gasteiger partial charge in [-0.25, -0.2) is 4.18 Å². The Hall–Kier alpha value is -1.54. The number of likely N-dealkylation sites (N-methyl/N-ethyl adjacent to an activating group) is 1. The van der Waals surface area contributed by atoms with Gasteiger partial charge in [0.25, 0.3) is 10.1 Å². The smallest absolute Gasteiger partial charge is 0.300 e. The first-order valence-electron chi connectivity index (χ1n) is 8.00. The van der Waals surface area contributed by atoms with Gasteiger partial charge in [-0.2, -0.15) is 8.42 Å². The zero-order valence-electron chi connectivity index (χ0n) is 14.4. The zero-order valence-corrected chi connectivity index (χ0v) is 16.1. The Morgan fingerprint density at radius 1 is 1.12 bits per heavy atom. The van der Waals surface area contributed by atoms with Crippen LogP contribution in [0.3, 0.4) is 0 Å². The molecule has 5 nitrogen and oxygen atoms in total. The zero-order chi connectivity index (χ0) is 18.1. The summed E-state index contributed by atoms with van der Waals surface area (Å²) in [6, 6.07) is 14.6. The normalized spacial score (nSPS) is 19.9. The van der Waals surface area contributed by atoms with E-state index in [9.17, 15) is 8.42 Å². The van der Waals surface area contributed by atoms with Crippen molar-refractivity contribution in [2.24, 2.45) is 0 Å².